The van der Waals surface area contributed by atoms with Gasteiger partial charge in [-0.15, -0.1) is 11.6 Å². The molecule has 0 spiro atoms. The number of nitrogens with one attached hydrogen (secondary N) is 1. The highest BCUT2D eigenvalue weighted by Crippen LogP contribution is 2.12. The largest absolute Gasteiger partial charge is 0.262 e. The molecular weight excluding hydrogens is 206 g/mol. The van der Waals surface area contributed by atoms with Crippen LogP contribution in [0.15, 0.2) is 0 Å². The molecule has 74 valence electrons. The number of hydrogen-bond acceptors (Lipinski definition) is 3. The van der Waals surface area contributed by atoms with Crippen LogP contribution in [0.4, 0.5) is 0 Å². The van der Waals surface area contributed by atoms with Gasteiger partial charge >= 0.3 is 0 Å². The number of hydrogen-bond donors (Lipinski definition) is 1. The molecule has 1 heterocycles. The number of nitrogens with zero attached hydrogens (tertiary/aromatic N) is 2. The van der Waals surface area contributed by atoms with Gasteiger partial charge in [-0.2, -0.15) is 16.9 Å². The first-order valence-electron chi connectivity index (χ1n) is 4.26. The van der Waals surface area contributed by atoms with E-state index in [2.05, 4.69) is 29.0 Å². The lowest BCUT2D eigenvalue weighted by molar-refractivity contribution is 0.750. The maximum absolute atomic E-state index is 5.58. The zero-order valence-corrected chi connectivity index (χ0v) is 9.45. The van der Waals surface area contributed by atoms with Crippen molar-refractivity contribution >= 4 is 23.4 Å². The van der Waals surface area contributed by atoms with Gasteiger partial charge in [-0.25, -0.2) is 4.98 Å². The van der Waals surface area contributed by atoms with Crippen LogP contribution in [0.25, 0.3) is 0 Å². The number of alkyl halides is 1. The van der Waals surface area contributed by atoms with Crippen LogP contribution < -0.4 is 0 Å². The second-order valence-corrected chi connectivity index (χ2v) is 4.54. The minimum absolute atomic E-state index is 0.405. The fourth-order valence-corrected chi connectivity index (χ4v) is 1.87. The van der Waals surface area contributed by atoms with Gasteiger partial charge < -0.3 is 0 Å². The van der Waals surface area contributed by atoms with Crippen LogP contribution in [0, 0.1) is 5.92 Å². The Morgan fingerprint density at radius 1 is 1.54 bits per heavy atom. The van der Waals surface area contributed by atoms with Crippen LogP contribution in [-0.2, 0) is 11.6 Å². The van der Waals surface area contributed by atoms with Crippen LogP contribution in [0.2, 0.25) is 0 Å². The van der Waals surface area contributed by atoms with Gasteiger partial charge in [0.25, 0.3) is 0 Å². The maximum atomic E-state index is 5.58. The van der Waals surface area contributed by atoms with Crippen molar-refractivity contribution < 1.29 is 0 Å². The normalized spacial score (nSPS) is 11.1. The first kappa shape index (κ1) is 10.9. The van der Waals surface area contributed by atoms with Gasteiger partial charge in [-0.3, -0.25) is 5.10 Å². The molecule has 1 N–H and O–H groups in total. The molecule has 0 aliphatic carbocycles. The number of H-pyrrole nitrogens is 1. The standard InChI is InChI=1S/C8H14ClN3S/c1-6(2)4-13-5-8-10-7(3-9)11-12-8/h6H,3-5H2,1-2H3,(H,10,11,12). The topological polar surface area (TPSA) is 41.6 Å². The molecule has 5 heteroatoms. The molecule has 0 saturated carbocycles. The monoisotopic (exact) mass is 219 g/mol. The third-order valence-electron chi connectivity index (χ3n) is 1.39. The second kappa shape index (κ2) is 5.50. The maximum Gasteiger partial charge on any atom is 0.160 e. The lowest BCUT2D eigenvalue weighted by atomic mass is 10.3. The van der Waals surface area contributed by atoms with E-state index in [1.54, 1.807) is 0 Å². The molecule has 0 unspecified atom stereocenters. The molecule has 0 aromatic carbocycles. The number of thioether (sulfide) groups is 1. The van der Waals surface area contributed by atoms with E-state index in [1.165, 1.54) is 0 Å². The van der Waals surface area contributed by atoms with Gasteiger partial charge in [-0.1, -0.05) is 13.8 Å². The Balaban J connectivity index is 2.28. The van der Waals surface area contributed by atoms with Crippen LogP contribution in [-0.4, -0.2) is 20.9 Å². The highest BCUT2D eigenvalue weighted by atomic mass is 35.5. The summed E-state index contributed by atoms with van der Waals surface area (Å²) in [7, 11) is 0. The van der Waals surface area contributed by atoms with Crippen molar-refractivity contribution in [2.75, 3.05) is 5.75 Å². The van der Waals surface area contributed by atoms with Crippen LogP contribution in [0.1, 0.15) is 25.5 Å². The summed E-state index contributed by atoms with van der Waals surface area (Å²) >= 11 is 7.43. The molecule has 0 atom stereocenters. The van der Waals surface area contributed by atoms with Crippen molar-refractivity contribution in [2.45, 2.75) is 25.5 Å². The molecule has 0 bridgehead atoms. The molecule has 0 amide bonds. The van der Waals surface area contributed by atoms with Gasteiger partial charge in [0.2, 0.25) is 0 Å². The Morgan fingerprint density at radius 3 is 2.85 bits per heavy atom. The molecular formula is C8H14ClN3S. The predicted molar refractivity (Wildman–Crippen MR) is 56.9 cm³/mol. The summed E-state index contributed by atoms with van der Waals surface area (Å²) in [6, 6.07) is 0. The Kier molecular flexibility index (Phi) is 4.59. The first-order chi connectivity index (χ1) is 6.22. The lowest BCUT2D eigenvalue weighted by Crippen LogP contribution is -1.92. The molecule has 13 heavy (non-hydrogen) atoms. The summed E-state index contributed by atoms with van der Waals surface area (Å²) in [5.41, 5.74) is 0. The van der Waals surface area contributed by atoms with Gasteiger partial charge in [0.05, 0.1) is 11.6 Å². The van der Waals surface area contributed by atoms with Gasteiger partial charge in [-0.05, 0) is 11.7 Å². The Labute approximate surface area is 87.7 Å². The smallest absolute Gasteiger partial charge is 0.160 e. The fourth-order valence-electron chi connectivity index (χ4n) is 0.845. The van der Waals surface area contributed by atoms with E-state index in [9.17, 15) is 0 Å². The molecule has 1 rings (SSSR count). The van der Waals surface area contributed by atoms with E-state index in [1.807, 2.05) is 11.8 Å². The molecule has 0 fully saturated rings. The minimum atomic E-state index is 0.405. The summed E-state index contributed by atoms with van der Waals surface area (Å²) in [4.78, 5) is 4.21. The van der Waals surface area contributed by atoms with Crippen LogP contribution >= 0.6 is 23.4 Å². The highest BCUT2D eigenvalue weighted by molar-refractivity contribution is 7.98. The van der Waals surface area contributed by atoms with E-state index in [0.29, 0.717) is 5.88 Å². The van der Waals surface area contributed by atoms with E-state index < -0.39 is 0 Å². The van der Waals surface area contributed by atoms with Gasteiger partial charge in [0.15, 0.2) is 5.82 Å². The van der Waals surface area contributed by atoms with Crippen LogP contribution in [0.3, 0.4) is 0 Å². The third-order valence-corrected chi connectivity index (χ3v) is 3.00. The minimum Gasteiger partial charge on any atom is -0.262 e. The van der Waals surface area contributed by atoms with E-state index >= 15 is 0 Å². The SMILES string of the molecule is CC(C)CSCc1n[nH]c(CCl)n1. The quantitative estimate of drug-likeness (QED) is 0.774. The first-order valence-corrected chi connectivity index (χ1v) is 5.95. The average Bonchev–Trinajstić information content (AvgIpc) is 2.52. The Morgan fingerprint density at radius 2 is 2.31 bits per heavy atom. The number of aromatic amines is 1. The van der Waals surface area contributed by atoms with Crippen molar-refractivity contribution in [3.63, 3.8) is 0 Å². The van der Waals surface area contributed by atoms with Crippen molar-refractivity contribution in [3.8, 4) is 0 Å². The number of halogens is 1. The van der Waals surface area contributed by atoms with Gasteiger partial charge in [0, 0.05) is 0 Å². The van der Waals surface area contributed by atoms with Crippen LogP contribution in [0.5, 0.6) is 0 Å². The summed E-state index contributed by atoms with van der Waals surface area (Å²) in [6.45, 7) is 4.41. The van der Waals surface area contributed by atoms with E-state index in [0.717, 1.165) is 29.1 Å². The third kappa shape index (κ3) is 4.00. The predicted octanol–water partition coefficient (Wildman–Crippen LogP) is 2.43. The number of rotatable bonds is 5. The summed E-state index contributed by atoms with van der Waals surface area (Å²) in [5.74, 6) is 4.73. The average molecular weight is 220 g/mol. The van der Waals surface area contributed by atoms with E-state index in [4.69, 9.17) is 11.6 Å². The molecule has 0 aliphatic rings. The second-order valence-electron chi connectivity index (χ2n) is 3.24. The molecule has 1 aromatic rings. The Bertz CT molecular complexity index is 249. The van der Waals surface area contributed by atoms with Gasteiger partial charge in [0.1, 0.15) is 5.82 Å². The summed E-state index contributed by atoms with van der Waals surface area (Å²) in [6.07, 6.45) is 0. The molecule has 1 aromatic heterocycles. The molecule has 3 nitrogen and oxygen atoms in total. The van der Waals surface area contributed by atoms with Crippen molar-refractivity contribution in [2.24, 2.45) is 5.92 Å². The van der Waals surface area contributed by atoms with E-state index in [-0.39, 0.29) is 0 Å². The zero-order valence-electron chi connectivity index (χ0n) is 7.88. The van der Waals surface area contributed by atoms with Crippen molar-refractivity contribution in [1.82, 2.24) is 15.2 Å². The molecule has 0 aliphatic heterocycles. The number of aromatic nitrogens is 3. The highest BCUT2D eigenvalue weighted by Gasteiger charge is 2.02. The Hall–Kier alpha value is -0.220. The summed E-state index contributed by atoms with van der Waals surface area (Å²) < 4.78 is 0. The molecule has 0 saturated heterocycles. The lowest BCUT2D eigenvalue weighted by Gasteiger charge is -2.00. The molecule has 0 radical (unpaired) electrons. The fraction of sp³-hybridized carbons (Fsp3) is 0.750. The zero-order chi connectivity index (χ0) is 9.68. The van der Waals surface area contributed by atoms with Crippen molar-refractivity contribution in [3.05, 3.63) is 11.6 Å². The summed E-state index contributed by atoms with van der Waals surface area (Å²) in [5, 5.41) is 6.83. The van der Waals surface area contributed by atoms with Crippen molar-refractivity contribution in [1.29, 1.82) is 0 Å².